The zero-order valence-corrected chi connectivity index (χ0v) is 22.5. The Bertz CT molecular complexity index is 1430. The number of piperidine rings is 1. The summed E-state index contributed by atoms with van der Waals surface area (Å²) in [5.74, 6) is -0.303. The lowest BCUT2D eigenvalue weighted by Gasteiger charge is -2.31. The Morgan fingerprint density at radius 1 is 1.05 bits per heavy atom. The van der Waals surface area contributed by atoms with E-state index in [0.29, 0.717) is 34.4 Å². The Labute approximate surface area is 222 Å². The van der Waals surface area contributed by atoms with Crippen molar-refractivity contribution in [1.29, 1.82) is 0 Å². The smallest absolute Gasteiger partial charge is 0.229 e. The molecule has 9 heteroatoms. The van der Waals surface area contributed by atoms with Gasteiger partial charge in [-0.1, -0.05) is 6.07 Å². The molecule has 1 saturated heterocycles. The Morgan fingerprint density at radius 2 is 1.87 bits per heavy atom. The molecule has 0 spiro atoms. The summed E-state index contributed by atoms with van der Waals surface area (Å²) in [5, 5.41) is 10.7. The highest BCUT2D eigenvalue weighted by Crippen LogP contribution is 2.32. The number of anilines is 2. The summed E-state index contributed by atoms with van der Waals surface area (Å²) in [6, 6.07) is 10.1. The van der Waals surface area contributed by atoms with Gasteiger partial charge in [-0.3, -0.25) is 0 Å². The highest BCUT2D eigenvalue weighted by molar-refractivity contribution is 5.87. The molecule has 3 unspecified atom stereocenters. The second-order valence-corrected chi connectivity index (χ2v) is 10.6. The minimum atomic E-state index is -0.621. The number of nitrogens with one attached hydrogen (secondary N) is 3. The fraction of sp³-hybridized carbons (Fsp3) is 0.414. The Balaban J connectivity index is 1.35. The third kappa shape index (κ3) is 5.39. The highest BCUT2D eigenvalue weighted by Gasteiger charge is 2.21. The zero-order chi connectivity index (χ0) is 27.0. The Kier molecular flexibility index (Phi) is 7.40. The van der Waals surface area contributed by atoms with Crippen LogP contribution in [0.1, 0.15) is 63.9 Å². The molecule has 1 aromatic carbocycles. The van der Waals surface area contributed by atoms with E-state index in [4.69, 9.17) is 0 Å². The number of rotatable bonds is 7. The number of hydrogen-bond acceptors (Lipinski definition) is 6. The molecule has 1 aliphatic rings. The van der Waals surface area contributed by atoms with Crippen molar-refractivity contribution in [1.82, 2.24) is 30.2 Å². The fourth-order valence-corrected chi connectivity index (χ4v) is 5.45. The molecule has 4 heterocycles. The van der Waals surface area contributed by atoms with E-state index < -0.39 is 11.6 Å². The summed E-state index contributed by atoms with van der Waals surface area (Å²) in [6.07, 6.45) is 5.12. The van der Waals surface area contributed by atoms with Gasteiger partial charge < -0.3 is 20.5 Å². The minimum absolute atomic E-state index is 0.0306. The lowest BCUT2D eigenvalue weighted by Crippen LogP contribution is -2.45. The molecule has 1 fully saturated rings. The lowest BCUT2D eigenvalue weighted by atomic mass is 9.99. The van der Waals surface area contributed by atoms with Crippen LogP contribution in [0.2, 0.25) is 0 Å². The standard InChI is InChI=1S/C29H35F2N7/c1-16(2)38-18(4)11-23-24(30)12-21(13-26(23)38)28-25(31)15-34-29(37-28)36-27-7-6-20(14-33-27)19(5)35-22-8-9-32-17(3)10-22/h6-7,11-17,19,22,32,35H,8-10H2,1-5H3,(H,33,34,36,37). The summed E-state index contributed by atoms with van der Waals surface area (Å²) < 4.78 is 31.9. The molecule has 38 heavy (non-hydrogen) atoms. The number of aromatic nitrogens is 4. The first-order chi connectivity index (χ1) is 18.2. The van der Waals surface area contributed by atoms with Crippen LogP contribution in [0.15, 0.2) is 42.7 Å². The maximum absolute atomic E-state index is 15.0. The predicted molar refractivity (Wildman–Crippen MR) is 148 cm³/mol. The molecule has 4 aromatic rings. The van der Waals surface area contributed by atoms with E-state index in [-0.39, 0.29) is 23.7 Å². The molecule has 3 atom stereocenters. The maximum atomic E-state index is 15.0. The number of halogens is 2. The van der Waals surface area contributed by atoms with Gasteiger partial charge in [-0.05, 0) is 83.8 Å². The zero-order valence-electron chi connectivity index (χ0n) is 22.5. The molecule has 3 N–H and O–H groups in total. The van der Waals surface area contributed by atoms with Crippen molar-refractivity contribution in [3.63, 3.8) is 0 Å². The molecule has 0 amide bonds. The molecule has 0 radical (unpaired) electrons. The van der Waals surface area contributed by atoms with Gasteiger partial charge in [0.15, 0.2) is 5.82 Å². The topological polar surface area (TPSA) is 79.7 Å². The molecule has 0 saturated carbocycles. The van der Waals surface area contributed by atoms with Gasteiger partial charge in [0.2, 0.25) is 5.95 Å². The van der Waals surface area contributed by atoms with Crippen molar-refractivity contribution in [2.45, 2.75) is 71.6 Å². The van der Waals surface area contributed by atoms with Crippen LogP contribution in [0.3, 0.4) is 0 Å². The summed E-state index contributed by atoms with van der Waals surface area (Å²) in [6.45, 7) is 11.4. The second-order valence-electron chi connectivity index (χ2n) is 10.6. The van der Waals surface area contributed by atoms with Crippen LogP contribution < -0.4 is 16.0 Å². The fourth-order valence-electron chi connectivity index (χ4n) is 5.45. The normalized spacial score (nSPS) is 18.7. The lowest BCUT2D eigenvalue weighted by molar-refractivity contribution is 0.313. The molecule has 5 rings (SSSR count). The first kappa shape index (κ1) is 26.2. The summed E-state index contributed by atoms with van der Waals surface area (Å²) in [5.41, 5.74) is 3.12. The van der Waals surface area contributed by atoms with Crippen molar-refractivity contribution in [2.24, 2.45) is 0 Å². The van der Waals surface area contributed by atoms with Gasteiger partial charge in [-0.15, -0.1) is 0 Å². The van der Waals surface area contributed by atoms with Crippen LogP contribution in [0, 0.1) is 18.6 Å². The Hall–Kier alpha value is -3.43. The highest BCUT2D eigenvalue weighted by atomic mass is 19.1. The summed E-state index contributed by atoms with van der Waals surface area (Å²) in [4.78, 5) is 13.0. The molecule has 3 aromatic heterocycles. The maximum Gasteiger partial charge on any atom is 0.229 e. The summed E-state index contributed by atoms with van der Waals surface area (Å²) in [7, 11) is 0. The van der Waals surface area contributed by atoms with Crippen LogP contribution in [-0.2, 0) is 0 Å². The average molecular weight is 520 g/mol. The van der Waals surface area contributed by atoms with Crippen molar-refractivity contribution in [2.75, 3.05) is 11.9 Å². The van der Waals surface area contributed by atoms with Crippen molar-refractivity contribution >= 4 is 22.7 Å². The van der Waals surface area contributed by atoms with Gasteiger partial charge >= 0.3 is 0 Å². The third-order valence-electron chi connectivity index (χ3n) is 7.27. The van der Waals surface area contributed by atoms with Crippen molar-refractivity contribution < 1.29 is 8.78 Å². The average Bonchev–Trinajstić information content (AvgIpc) is 3.22. The number of aryl methyl sites for hydroxylation is 1. The molecule has 7 nitrogen and oxygen atoms in total. The Morgan fingerprint density at radius 3 is 2.58 bits per heavy atom. The van der Waals surface area contributed by atoms with E-state index in [1.165, 1.54) is 6.07 Å². The summed E-state index contributed by atoms with van der Waals surface area (Å²) >= 11 is 0. The molecular formula is C29H35F2N7. The van der Waals surface area contributed by atoms with Gasteiger partial charge in [0, 0.05) is 47.0 Å². The van der Waals surface area contributed by atoms with Gasteiger partial charge in [0.1, 0.15) is 17.3 Å². The molecule has 0 aliphatic carbocycles. The van der Waals surface area contributed by atoms with Crippen LogP contribution in [-0.4, -0.2) is 38.1 Å². The van der Waals surface area contributed by atoms with Crippen LogP contribution in [0.4, 0.5) is 20.5 Å². The predicted octanol–water partition coefficient (Wildman–Crippen LogP) is 6.20. The monoisotopic (exact) mass is 519 g/mol. The molecule has 1 aliphatic heterocycles. The van der Waals surface area contributed by atoms with Crippen molar-refractivity contribution in [3.05, 3.63) is 65.6 Å². The third-order valence-corrected chi connectivity index (χ3v) is 7.27. The number of benzene rings is 1. The van der Waals surface area contributed by atoms with E-state index in [0.717, 1.165) is 36.8 Å². The van der Waals surface area contributed by atoms with E-state index in [1.54, 1.807) is 6.07 Å². The van der Waals surface area contributed by atoms with Crippen molar-refractivity contribution in [3.8, 4) is 11.3 Å². The quantitative estimate of drug-likeness (QED) is 0.270. The van der Waals surface area contributed by atoms with Crippen LogP contribution in [0.25, 0.3) is 22.2 Å². The molecule has 0 bridgehead atoms. The SMILES string of the molecule is Cc1cc2c(F)cc(-c3nc(Nc4ccc(C(C)NC5CCNC(C)C5)cn4)ncc3F)cc2n1C(C)C. The van der Waals surface area contributed by atoms with Gasteiger partial charge in [-0.2, -0.15) is 0 Å². The number of pyridine rings is 1. The van der Waals surface area contributed by atoms with Gasteiger partial charge in [-0.25, -0.2) is 23.7 Å². The van der Waals surface area contributed by atoms with Gasteiger partial charge in [0.05, 0.1) is 11.7 Å². The van der Waals surface area contributed by atoms with E-state index in [2.05, 4.69) is 44.7 Å². The molecular weight excluding hydrogens is 484 g/mol. The number of nitrogens with zero attached hydrogens (tertiary/aromatic N) is 4. The van der Waals surface area contributed by atoms with Crippen LogP contribution >= 0.6 is 0 Å². The number of fused-ring (bicyclic) bond motifs is 1. The van der Waals surface area contributed by atoms with E-state index >= 15 is 4.39 Å². The van der Waals surface area contributed by atoms with E-state index in [1.807, 2.05) is 49.7 Å². The second kappa shape index (κ2) is 10.7. The minimum Gasteiger partial charge on any atom is -0.342 e. The molecule has 200 valence electrons. The van der Waals surface area contributed by atoms with Gasteiger partial charge in [0.25, 0.3) is 0 Å². The first-order valence-electron chi connectivity index (χ1n) is 13.3. The van der Waals surface area contributed by atoms with E-state index in [9.17, 15) is 4.39 Å². The number of hydrogen-bond donors (Lipinski definition) is 3. The largest absolute Gasteiger partial charge is 0.342 e. The van der Waals surface area contributed by atoms with Crippen LogP contribution in [0.5, 0.6) is 0 Å². The first-order valence-corrected chi connectivity index (χ1v) is 13.3.